The van der Waals surface area contributed by atoms with Crippen LogP contribution in [0.5, 0.6) is 5.75 Å². The molecule has 0 unspecified atom stereocenters. The molecule has 0 aromatic heterocycles. The maximum atomic E-state index is 12.3. The van der Waals surface area contributed by atoms with Crippen LogP contribution in [0.15, 0.2) is 52.5 Å². The third kappa shape index (κ3) is 5.32. The first-order valence-electron chi connectivity index (χ1n) is 7.41. The minimum atomic E-state index is -3.73. The van der Waals surface area contributed by atoms with Crippen molar-refractivity contribution in [3.8, 4) is 5.75 Å². The van der Waals surface area contributed by atoms with E-state index in [0.717, 1.165) is 5.56 Å². The van der Waals surface area contributed by atoms with Crippen LogP contribution in [0.1, 0.15) is 16.7 Å². The van der Waals surface area contributed by atoms with Crippen molar-refractivity contribution in [3.05, 3.63) is 59.2 Å². The summed E-state index contributed by atoms with van der Waals surface area (Å²) in [4.78, 5) is 13.0. The molecule has 8 heteroatoms. The van der Waals surface area contributed by atoms with Crippen LogP contribution in [0.3, 0.4) is 0 Å². The number of rotatable bonds is 7. The largest absolute Gasteiger partial charge is 0.484 e. The predicted molar refractivity (Wildman–Crippen MR) is 95.0 cm³/mol. The highest BCUT2D eigenvalue weighted by atomic mass is 32.2. The van der Waals surface area contributed by atoms with E-state index >= 15 is 0 Å². The topological polar surface area (TPSA) is 111 Å². The van der Waals surface area contributed by atoms with E-state index in [1.165, 1.54) is 6.21 Å². The lowest BCUT2D eigenvalue weighted by molar-refractivity contribution is -0.119. The number of ether oxygens (including phenoxy) is 1. The van der Waals surface area contributed by atoms with Gasteiger partial charge in [-0.3, -0.25) is 4.79 Å². The van der Waals surface area contributed by atoms with Gasteiger partial charge in [-0.1, -0.05) is 12.1 Å². The van der Waals surface area contributed by atoms with E-state index in [1.807, 2.05) is 13.0 Å². The van der Waals surface area contributed by atoms with Crippen LogP contribution in [0.4, 0.5) is 0 Å². The minimum Gasteiger partial charge on any atom is -0.484 e. The van der Waals surface area contributed by atoms with E-state index in [1.54, 1.807) is 43.3 Å². The molecule has 0 aliphatic rings. The number of nitrogens with two attached hydrogens (primary N) is 1. The molecular formula is C17H19N3O4S. The summed E-state index contributed by atoms with van der Waals surface area (Å²) in [5.41, 5.74) is 7.15. The van der Waals surface area contributed by atoms with E-state index in [0.29, 0.717) is 16.9 Å². The van der Waals surface area contributed by atoms with Crippen LogP contribution >= 0.6 is 0 Å². The minimum absolute atomic E-state index is 0.194. The highest BCUT2D eigenvalue weighted by Crippen LogP contribution is 2.16. The van der Waals surface area contributed by atoms with Gasteiger partial charge in [0.2, 0.25) is 0 Å². The molecule has 0 saturated carbocycles. The van der Waals surface area contributed by atoms with Gasteiger partial charge in [0.1, 0.15) is 5.75 Å². The maximum absolute atomic E-state index is 12.3. The molecule has 0 heterocycles. The first-order chi connectivity index (χ1) is 11.8. The third-order valence-corrected chi connectivity index (χ3v) is 4.65. The molecule has 1 amide bonds. The van der Waals surface area contributed by atoms with Gasteiger partial charge in [0, 0.05) is 0 Å². The van der Waals surface area contributed by atoms with Gasteiger partial charge < -0.3 is 10.5 Å². The van der Waals surface area contributed by atoms with Crippen molar-refractivity contribution in [2.45, 2.75) is 18.7 Å². The zero-order chi connectivity index (χ0) is 18.4. The Balaban J connectivity index is 2.04. The molecule has 0 atom stereocenters. The summed E-state index contributed by atoms with van der Waals surface area (Å²) in [5, 5.41) is 3.79. The van der Waals surface area contributed by atoms with E-state index in [2.05, 4.69) is 9.93 Å². The average Bonchev–Trinajstić information content (AvgIpc) is 2.56. The van der Waals surface area contributed by atoms with Crippen molar-refractivity contribution in [3.63, 3.8) is 0 Å². The van der Waals surface area contributed by atoms with Gasteiger partial charge in [-0.15, -0.1) is 0 Å². The second kappa shape index (κ2) is 7.80. The smallest absolute Gasteiger partial charge is 0.276 e. The fraction of sp³-hybridized carbons (Fsp3) is 0.176. The summed E-state index contributed by atoms with van der Waals surface area (Å²) in [6.45, 7) is 3.34. The van der Waals surface area contributed by atoms with Crippen molar-refractivity contribution < 1.29 is 17.9 Å². The lowest BCUT2D eigenvalue weighted by Gasteiger charge is -2.07. The van der Waals surface area contributed by atoms with Gasteiger partial charge in [0.05, 0.1) is 11.1 Å². The third-order valence-electron chi connectivity index (χ3n) is 3.28. The molecule has 132 valence electrons. The number of benzene rings is 2. The van der Waals surface area contributed by atoms with Crippen LogP contribution in [0, 0.1) is 13.8 Å². The number of sulfonamides is 1. The van der Waals surface area contributed by atoms with Crippen LogP contribution in [-0.4, -0.2) is 27.1 Å². The van der Waals surface area contributed by atoms with Gasteiger partial charge in [0.25, 0.3) is 15.9 Å². The number of amides is 1. The quantitative estimate of drug-likeness (QED) is 0.575. The maximum Gasteiger partial charge on any atom is 0.276 e. The predicted octanol–water partition coefficient (Wildman–Crippen LogP) is 1.48. The fourth-order valence-corrected chi connectivity index (χ4v) is 3.14. The highest BCUT2D eigenvalue weighted by molar-refractivity contribution is 7.89. The summed E-state index contributed by atoms with van der Waals surface area (Å²) in [6, 6.07) is 11.8. The Morgan fingerprint density at radius 3 is 2.52 bits per heavy atom. The Bertz CT molecular complexity index is 891. The molecule has 3 N–H and O–H groups in total. The Kier molecular flexibility index (Phi) is 5.76. The van der Waals surface area contributed by atoms with Crippen LogP contribution in [0.2, 0.25) is 0 Å². The van der Waals surface area contributed by atoms with Gasteiger partial charge in [0.15, 0.2) is 6.61 Å². The summed E-state index contributed by atoms with van der Waals surface area (Å²) in [6.07, 6.45) is 1.38. The summed E-state index contributed by atoms with van der Waals surface area (Å²) in [7, 11) is -3.73. The van der Waals surface area contributed by atoms with Crippen LogP contribution in [0.25, 0.3) is 0 Å². The number of nitrogens with zero attached hydrogens (tertiary/aromatic N) is 1. The number of nitrogens with one attached hydrogen (secondary N) is 1. The zero-order valence-corrected chi connectivity index (χ0v) is 14.7. The molecule has 0 saturated heterocycles. The normalized spacial score (nSPS) is 11.4. The second-order valence-corrected chi connectivity index (χ2v) is 7.08. The number of aryl methyl sites for hydroxylation is 2. The molecule has 7 nitrogen and oxygen atoms in total. The lowest BCUT2D eigenvalue weighted by Crippen LogP contribution is -2.20. The first kappa shape index (κ1) is 18.5. The summed E-state index contributed by atoms with van der Waals surface area (Å²) < 4.78 is 29.8. The van der Waals surface area contributed by atoms with Crippen LogP contribution < -0.4 is 15.3 Å². The number of hydrazone groups is 1. The van der Waals surface area contributed by atoms with E-state index in [-0.39, 0.29) is 11.5 Å². The zero-order valence-electron chi connectivity index (χ0n) is 13.9. The van der Waals surface area contributed by atoms with Gasteiger partial charge in [-0.05, 0) is 60.9 Å². The number of primary amides is 1. The standard InChI is InChI=1S/C17H19N3O4S/c1-12-3-4-13(2)16(9-12)25(22,23)20-19-10-14-5-7-15(8-6-14)24-11-17(18)21/h3-10,20H,11H2,1-2H3,(H2,18,21)/b19-10-. The van der Waals surface area contributed by atoms with Crippen molar-refractivity contribution in [1.29, 1.82) is 0 Å². The monoisotopic (exact) mass is 361 g/mol. The Hall–Kier alpha value is -2.87. The number of hydrogen-bond acceptors (Lipinski definition) is 5. The van der Waals surface area contributed by atoms with Crippen molar-refractivity contribution in [2.24, 2.45) is 10.8 Å². The molecule has 0 radical (unpaired) electrons. The molecule has 0 spiro atoms. The van der Waals surface area contributed by atoms with E-state index < -0.39 is 15.9 Å². The van der Waals surface area contributed by atoms with E-state index in [9.17, 15) is 13.2 Å². The number of carbonyl (C=O) groups is 1. The first-order valence-corrected chi connectivity index (χ1v) is 8.89. The van der Waals surface area contributed by atoms with Crippen molar-refractivity contribution in [1.82, 2.24) is 4.83 Å². The molecule has 0 aliphatic heterocycles. The molecule has 0 bridgehead atoms. The van der Waals surface area contributed by atoms with Gasteiger partial charge >= 0.3 is 0 Å². The van der Waals surface area contributed by atoms with Gasteiger partial charge in [-0.25, -0.2) is 4.83 Å². The Morgan fingerprint density at radius 1 is 1.20 bits per heavy atom. The molecular weight excluding hydrogens is 342 g/mol. The van der Waals surface area contributed by atoms with Crippen molar-refractivity contribution >= 4 is 22.1 Å². The SMILES string of the molecule is Cc1ccc(C)c(S(=O)(=O)N/N=C\c2ccc(OCC(N)=O)cc2)c1. The highest BCUT2D eigenvalue weighted by Gasteiger charge is 2.15. The molecule has 2 rings (SSSR count). The number of hydrogen-bond donors (Lipinski definition) is 2. The molecule has 0 aliphatic carbocycles. The molecule has 2 aromatic carbocycles. The second-order valence-electron chi connectivity index (χ2n) is 5.45. The molecule has 0 fully saturated rings. The van der Waals surface area contributed by atoms with E-state index in [4.69, 9.17) is 10.5 Å². The van der Waals surface area contributed by atoms with Crippen molar-refractivity contribution in [2.75, 3.05) is 6.61 Å². The molecule has 2 aromatic rings. The van der Waals surface area contributed by atoms with Gasteiger partial charge in [-0.2, -0.15) is 13.5 Å². The lowest BCUT2D eigenvalue weighted by atomic mass is 10.2. The number of carbonyl (C=O) groups excluding carboxylic acids is 1. The average molecular weight is 361 g/mol. The summed E-state index contributed by atoms with van der Waals surface area (Å²) >= 11 is 0. The Labute approximate surface area is 146 Å². The summed E-state index contributed by atoms with van der Waals surface area (Å²) in [5.74, 6) is -0.0848. The fourth-order valence-electron chi connectivity index (χ4n) is 2.02. The Morgan fingerprint density at radius 2 is 1.88 bits per heavy atom. The molecule has 25 heavy (non-hydrogen) atoms. The van der Waals surface area contributed by atoms with Crippen LogP contribution in [-0.2, 0) is 14.8 Å².